The van der Waals surface area contributed by atoms with Crippen molar-refractivity contribution >= 4 is 0 Å². The molecule has 0 fully saturated rings. The van der Waals surface area contributed by atoms with Crippen molar-refractivity contribution in [2.24, 2.45) is 5.92 Å². The van der Waals surface area contributed by atoms with Gasteiger partial charge in [0, 0.05) is 5.56 Å². The smallest absolute Gasteiger partial charge is 0.124 e. The van der Waals surface area contributed by atoms with E-state index in [0.29, 0.717) is 5.92 Å². The summed E-state index contributed by atoms with van der Waals surface area (Å²) in [4.78, 5) is 0. The predicted octanol–water partition coefficient (Wildman–Crippen LogP) is 4.07. The molecule has 0 aromatic heterocycles. The minimum atomic E-state index is -0.456. The van der Waals surface area contributed by atoms with E-state index in [4.69, 9.17) is 4.74 Å². The standard InChI is InChI=1S/C16H26O2/c1-11(2)9-14(17)13-10-12(16(3,4)5)7-8-15(13)18-6/h7-8,10-11,14,17H,9H2,1-6H3. The molecule has 1 atom stereocenters. The fourth-order valence-electron chi connectivity index (χ4n) is 2.03. The first-order chi connectivity index (χ1) is 8.25. The molecule has 102 valence electrons. The van der Waals surface area contributed by atoms with Crippen LogP contribution in [0.5, 0.6) is 5.75 Å². The van der Waals surface area contributed by atoms with E-state index in [-0.39, 0.29) is 5.41 Å². The maximum atomic E-state index is 10.3. The molecule has 0 aliphatic heterocycles. The van der Waals surface area contributed by atoms with Gasteiger partial charge in [-0.05, 0) is 35.4 Å². The molecule has 0 saturated carbocycles. The second-order valence-electron chi connectivity index (χ2n) is 6.35. The lowest BCUT2D eigenvalue weighted by Crippen LogP contribution is -2.13. The average molecular weight is 250 g/mol. The Morgan fingerprint density at radius 1 is 1.22 bits per heavy atom. The van der Waals surface area contributed by atoms with Crippen molar-refractivity contribution in [1.82, 2.24) is 0 Å². The number of aliphatic hydroxyl groups excluding tert-OH is 1. The Bertz CT molecular complexity index is 389. The first-order valence-electron chi connectivity index (χ1n) is 6.62. The van der Waals surface area contributed by atoms with Gasteiger partial charge >= 0.3 is 0 Å². The summed E-state index contributed by atoms with van der Waals surface area (Å²) < 4.78 is 5.36. The van der Waals surface area contributed by atoms with Crippen LogP contribution in [0.15, 0.2) is 18.2 Å². The lowest BCUT2D eigenvalue weighted by Gasteiger charge is -2.23. The highest BCUT2D eigenvalue weighted by molar-refractivity contribution is 5.41. The maximum absolute atomic E-state index is 10.3. The molecule has 0 heterocycles. The highest BCUT2D eigenvalue weighted by Crippen LogP contribution is 2.33. The van der Waals surface area contributed by atoms with Gasteiger partial charge in [0.15, 0.2) is 0 Å². The third-order valence-electron chi connectivity index (χ3n) is 3.15. The van der Waals surface area contributed by atoms with Gasteiger partial charge in [-0.3, -0.25) is 0 Å². The summed E-state index contributed by atoms with van der Waals surface area (Å²) in [7, 11) is 1.65. The first kappa shape index (κ1) is 15.0. The normalized spacial score (nSPS) is 13.8. The fourth-order valence-corrected chi connectivity index (χ4v) is 2.03. The molecule has 0 amide bonds. The summed E-state index contributed by atoms with van der Waals surface area (Å²) in [5.41, 5.74) is 2.21. The molecule has 1 aromatic carbocycles. The minimum absolute atomic E-state index is 0.0819. The van der Waals surface area contributed by atoms with Crippen LogP contribution >= 0.6 is 0 Å². The van der Waals surface area contributed by atoms with Crippen molar-refractivity contribution in [3.05, 3.63) is 29.3 Å². The van der Waals surface area contributed by atoms with Gasteiger partial charge in [-0.25, -0.2) is 0 Å². The molecule has 1 N–H and O–H groups in total. The summed E-state index contributed by atoms with van der Waals surface area (Å²) in [6.45, 7) is 10.8. The zero-order chi connectivity index (χ0) is 13.9. The second-order valence-corrected chi connectivity index (χ2v) is 6.35. The monoisotopic (exact) mass is 250 g/mol. The van der Waals surface area contributed by atoms with Gasteiger partial charge < -0.3 is 9.84 Å². The van der Waals surface area contributed by atoms with Crippen molar-refractivity contribution in [2.45, 2.75) is 52.6 Å². The summed E-state index contributed by atoms with van der Waals surface area (Å²) in [6.07, 6.45) is 0.298. The Balaban J connectivity index is 3.14. The highest BCUT2D eigenvalue weighted by atomic mass is 16.5. The van der Waals surface area contributed by atoms with Crippen molar-refractivity contribution in [3.8, 4) is 5.75 Å². The zero-order valence-electron chi connectivity index (χ0n) is 12.4. The number of benzene rings is 1. The van der Waals surface area contributed by atoms with E-state index >= 15 is 0 Å². The Kier molecular flexibility index (Phi) is 4.80. The topological polar surface area (TPSA) is 29.5 Å². The van der Waals surface area contributed by atoms with E-state index in [1.165, 1.54) is 5.56 Å². The van der Waals surface area contributed by atoms with Crippen molar-refractivity contribution in [1.29, 1.82) is 0 Å². The predicted molar refractivity (Wildman–Crippen MR) is 76.1 cm³/mol. The molecule has 1 rings (SSSR count). The Hall–Kier alpha value is -1.02. The third-order valence-corrected chi connectivity index (χ3v) is 3.15. The van der Waals surface area contributed by atoms with Crippen LogP contribution in [-0.2, 0) is 5.41 Å². The van der Waals surface area contributed by atoms with Crippen LogP contribution in [0.2, 0.25) is 0 Å². The van der Waals surface area contributed by atoms with Crippen LogP contribution in [0.25, 0.3) is 0 Å². The number of aliphatic hydroxyl groups is 1. The van der Waals surface area contributed by atoms with Gasteiger partial charge in [0.2, 0.25) is 0 Å². The molecule has 0 bridgehead atoms. The van der Waals surface area contributed by atoms with Crippen LogP contribution in [0.4, 0.5) is 0 Å². The molecule has 1 unspecified atom stereocenters. The van der Waals surface area contributed by atoms with E-state index in [0.717, 1.165) is 17.7 Å². The lowest BCUT2D eigenvalue weighted by molar-refractivity contribution is 0.147. The van der Waals surface area contributed by atoms with Crippen LogP contribution < -0.4 is 4.74 Å². The number of ether oxygens (including phenoxy) is 1. The van der Waals surface area contributed by atoms with Gasteiger partial charge in [0.1, 0.15) is 5.75 Å². The van der Waals surface area contributed by atoms with Gasteiger partial charge in [0.05, 0.1) is 13.2 Å². The van der Waals surface area contributed by atoms with E-state index in [1.54, 1.807) is 7.11 Å². The van der Waals surface area contributed by atoms with Gasteiger partial charge in [-0.2, -0.15) is 0 Å². The molecular formula is C16H26O2. The van der Waals surface area contributed by atoms with E-state index in [1.807, 2.05) is 6.07 Å². The van der Waals surface area contributed by atoms with E-state index in [9.17, 15) is 5.11 Å². The second kappa shape index (κ2) is 5.75. The SMILES string of the molecule is COc1ccc(C(C)(C)C)cc1C(O)CC(C)C. The number of hydrogen-bond donors (Lipinski definition) is 1. The first-order valence-corrected chi connectivity index (χ1v) is 6.62. The van der Waals surface area contributed by atoms with Crippen LogP contribution in [0.1, 0.15) is 58.3 Å². The molecule has 0 radical (unpaired) electrons. The maximum Gasteiger partial charge on any atom is 0.124 e. The quantitative estimate of drug-likeness (QED) is 0.872. The highest BCUT2D eigenvalue weighted by Gasteiger charge is 2.20. The molecule has 18 heavy (non-hydrogen) atoms. The summed E-state index contributed by atoms with van der Waals surface area (Å²) in [6, 6.07) is 6.11. The average Bonchev–Trinajstić information content (AvgIpc) is 2.26. The van der Waals surface area contributed by atoms with Gasteiger partial charge in [0.25, 0.3) is 0 Å². The van der Waals surface area contributed by atoms with Crippen molar-refractivity contribution < 1.29 is 9.84 Å². The summed E-state index contributed by atoms with van der Waals surface area (Å²) in [5.74, 6) is 1.24. The number of hydrogen-bond acceptors (Lipinski definition) is 2. The summed E-state index contributed by atoms with van der Waals surface area (Å²) in [5, 5.41) is 10.3. The molecule has 2 nitrogen and oxygen atoms in total. The van der Waals surface area contributed by atoms with Crippen LogP contribution in [-0.4, -0.2) is 12.2 Å². The summed E-state index contributed by atoms with van der Waals surface area (Å²) >= 11 is 0. The van der Waals surface area contributed by atoms with Crippen molar-refractivity contribution in [3.63, 3.8) is 0 Å². The Labute approximate surface area is 111 Å². The van der Waals surface area contributed by atoms with Gasteiger partial charge in [-0.15, -0.1) is 0 Å². The van der Waals surface area contributed by atoms with E-state index in [2.05, 4.69) is 46.8 Å². The minimum Gasteiger partial charge on any atom is -0.496 e. The zero-order valence-corrected chi connectivity index (χ0v) is 12.4. The Morgan fingerprint density at radius 2 is 1.83 bits per heavy atom. The molecule has 1 aromatic rings. The number of methoxy groups -OCH3 is 1. The molecule has 0 aliphatic rings. The van der Waals surface area contributed by atoms with Crippen molar-refractivity contribution in [2.75, 3.05) is 7.11 Å². The molecular weight excluding hydrogens is 224 g/mol. The molecule has 0 aliphatic carbocycles. The third kappa shape index (κ3) is 3.74. The molecule has 2 heteroatoms. The lowest BCUT2D eigenvalue weighted by atomic mass is 9.85. The fraction of sp³-hybridized carbons (Fsp3) is 0.625. The van der Waals surface area contributed by atoms with E-state index < -0.39 is 6.10 Å². The molecule has 0 spiro atoms. The van der Waals surface area contributed by atoms with Gasteiger partial charge in [-0.1, -0.05) is 40.7 Å². The number of rotatable bonds is 4. The largest absolute Gasteiger partial charge is 0.496 e. The van der Waals surface area contributed by atoms with Crippen LogP contribution in [0, 0.1) is 5.92 Å². The molecule has 0 saturated heterocycles. The Morgan fingerprint density at radius 3 is 2.28 bits per heavy atom. The van der Waals surface area contributed by atoms with Crippen LogP contribution in [0.3, 0.4) is 0 Å².